The Hall–Kier alpha value is -2.04. The average Bonchev–Trinajstić information content (AvgIpc) is 2.68. The number of carbonyl (C=O) groups is 1. The highest BCUT2D eigenvalue weighted by Crippen LogP contribution is 2.37. The number of fused-ring (bicyclic) bond motifs is 1. The predicted octanol–water partition coefficient (Wildman–Crippen LogP) is 2.33. The largest absolute Gasteiger partial charge is 0.494 e. The summed E-state index contributed by atoms with van der Waals surface area (Å²) in [5.41, 5.74) is 2.47. The van der Waals surface area contributed by atoms with Crippen molar-refractivity contribution in [3.8, 4) is 5.75 Å². The Morgan fingerprint density at radius 1 is 1.19 bits per heavy atom. The minimum atomic E-state index is -5.08. The molecular formula is C17H19BF3NO5. The first kappa shape index (κ1) is 19.7. The van der Waals surface area contributed by atoms with Crippen molar-refractivity contribution in [2.45, 2.75) is 45.1 Å². The number of rotatable bonds is 2. The zero-order valence-electron chi connectivity index (χ0n) is 15.3. The lowest BCUT2D eigenvalue weighted by molar-refractivity contribution is -0.195. The van der Waals surface area contributed by atoms with Crippen molar-refractivity contribution < 1.29 is 36.8 Å². The highest BCUT2D eigenvalue weighted by molar-refractivity contribution is 6.62. The van der Waals surface area contributed by atoms with E-state index in [1.165, 1.54) is 6.08 Å². The van der Waals surface area contributed by atoms with Gasteiger partial charge in [0.15, 0.2) is 5.75 Å². The summed E-state index contributed by atoms with van der Waals surface area (Å²) in [7, 11) is -0.647. The van der Waals surface area contributed by atoms with Gasteiger partial charge >= 0.3 is 19.3 Å². The van der Waals surface area contributed by atoms with Gasteiger partial charge < -0.3 is 18.9 Å². The number of alkyl halides is 3. The molecule has 0 aromatic heterocycles. The van der Waals surface area contributed by atoms with Gasteiger partial charge in [-0.3, -0.25) is 0 Å². The van der Waals surface area contributed by atoms with Crippen LogP contribution in [0, 0.1) is 0 Å². The molecule has 0 atom stereocenters. The normalized spacial score (nSPS) is 21.0. The average molecular weight is 385 g/mol. The lowest BCUT2D eigenvalue weighted by Gasteiger charge is -2.32. The molecule has 1 N–H and O–H groups in total. The summed E-state index contributed by atoms with van der Waals surface area (Å²) in [5, 5.41) is 0. The first-order valence-corrected chi connectivity index (χ1v) is 8.28. The molecule has 10 heteroatoms. The third-order valence-electron chi connectivity index (χ3n) is 4.76. The van der Waals surface area contributed by atoms with E-state index in [2.05, 4.69) is 10.2 Å². The van der Waals surface area contributed by atoms with Gasteiger partial charge in [0.1, 0.15) is 5.76 Å². The fourth-order valence-corrected chi connectivity index (χ4v) is 2.55. The van der Waals surface area contributed by atoms with Gasteiger partial charge in [-0.2, -0.15) is 13.2 Å². The first-order valence-electron chi connectivity index (χ1n) is 8.28. The molecule has 0 amide bonds. The van der Waals surface area contributed by atoms with Crippen LogP contribution in [-0.2, 0) is 18.8 Å². The topological polar surface area (TPSA) is 66.0 Å². The van der Waals surface area contributed by atoms with Crippen LogP contribution in [0.3, 0.4) is 0 Å². The smallest absolute Gasteiger partial charge is 0.423 e. The number of halogens is 3. The predicted molar refractivity (Wildman–Crippen MR) is 90.9 cm³/mol. The molecule has 1 saturated heterocycles. The third kappa shape index (κ3) is 3.97. The number of esters is 1. The van der Waals surface area contributed by atoms with Gasteiger partial charge in [-0.05, 0) is 45.3 Å². The van der Waals surface area contributed by atoms with Crippen LogP contribution in [0.5, 0.6) is 5.75 Å². The zero-order chi connectivity index (χ0) is 20.0. The van der Waals surface area contributed by atoms with Crippen molar-refractivity contribution in [3.05, 3.63) is 29.5 Å². The lowest BCUT2D eigenvalue weighted by Crippen LogP contribution is -2.41. The summed E-state index contributed by atoms with van der Waals surface area (Å²) < 4.78 is 53.7. The van der Waals surface area contributed by atoms with Gasteiger partial charge in [0, 0.05) is 5.56 Å². The van der Waals surface area contributed by atoms with Crippen LogP contribution in [0.15, 0.2) is 24.0 Å². The van der Waals surface area contributed by atoms with Gasteiger partial charge in [0.2, 0.25) is 0 Å². The molecule has 0 bridgehead atoms. The third-order valence-corrected chi connectivity index (χ3v) is 4.76. The van der Waals surface area contributed by atoms with E-state index in [1.54, 1.807) is 18.2 Å². The lowest BCUT2D eigenvalue weighted by atomic mass is 9.78. The number of hydrogen-bond acceptors (Lipinski definition) is 6. The van der Waals surface area contributed by atoms with Crippen LogP contribution in [0.1, 0.15) is 33.3 Å². The minimum absolute atomic E-state index is 0.206. The second-order valence-corrected chi connectivity index (χ2v) is 7.31. The van der Waals surface area contributed by atoms with Crippen LogP contribution in [-0.4, -0.2) is 37.0 Å². The Morgan fingerprint density at radius 2 is 1.81 bits per heavy atom. The van der Waals surface area contributed by atoms with Crippen LogP contribution in [0.2, 0.25) is 0 Å². The maximum Gasteiger partial charge on any atom is 0.494 e. The van der Waals surface area contributed by atoms with Gasteiger partial charge in [-0.15, -0.1) is 5.48 Å². The molecule has 2 aliphatic rings. The van der Waals surface area contributed by atoms with E-state index in [-0.39, 0.29) is 12.3 Å². The van der Waals surface area contributed by atoms with Crippen molar-refractivity contribution in [1.29, 1.82) is 0 Å². The summed E-state index contributed by atoms with van der Waals surface area (Å²) in [6, 6.07) is 5.03. The Labute approximate surface area is 154 Å². The molecule has 0 saturated carbocycles. The zero-order valence-corrected chi connectivity index (χ0v) is 15.3. The van der Waals surface area contributed by atoms with Crippen molar-refractivity contribution >= 4 is 24.6 Å². The van der Waals surface area contributed by atoms with Gasteiger partial charge in [0.25, 0.3) is 0 Å². The maximum absolute atomic E-state index is 12.4. The van der Waals surface area contributed by atoms with Crippen LogP contribution < -0.4 is 15.8 Å². The molecule has 1 aromatic carbocycles. The number of benzene rings is 1. The molecule has 27 heavy (non-hydrogen) atoms. The standard InChI is InChI=1S/C17H19BF3NO5/c1-15(2)16(3,4)27-18(26-15)11-5-6-13-10(7-11)8-12(9-22-25-13)24-14(23)17(19,20)21/h5-8,22H,9H2,1-4H3. The minimum Gasteiger partial charge on any atom is -0.423 e. The number of nitrogens with one attached hydrogen (secondary N) is 1. The number of carbonyl (C=O) groups excluding carboxylic acids is 1. The monoisotopic (exact) mass is 385 g/mol. The van der Waals surface area contributed by atoms with Crippen LogP contribution in [0.4, 0.5) is 13.2 Å². The fourth-order valence-electron chi connectivity index (χ4n) is 2.55. The highest BCUT2D eigenvalue weighted by atomic mass is 19.4. The fraction of sp³-hybridized carbons (Fsp3) is 0.471. The molecule has 0 radical (unpaired) electrons. The molecule has 146 valence electrons. The Kier molecular flexibility index (Phi) is 4.78. The van der Waals surface area contributed by atoms with Crippen LogP contribution in [0.25, 0.3) is 6.08 Å². The van der Waals surface area contributed by atoms with E-state index >= 15 is 0 Å². The van der Waals surface area contributed by atoms with E-state index in [0.29, 0.717) is 16.8 Å². The number of ether oxygens (including phenoxy) is 1. The summed E-state index contributed by atoms with van der Waals surface area (Å²) in [6.45, 7) is 7.45. The SMILES string of the molecule is CC1(C)OB(c2ccc3c(c2)C=C(OC(=O)C(F)(F)F)CNO3)OC1(C)C. The Morgan fingerprint density at radius 3 is 2.41 bits per heavy atom. The summed E-state index contributed by atoms with van der Waals surface area (Å²) >= 11 is 0. The molecular weight excluding hydrogens is 366 g/mol. The van der Waals surface area contributed by atoms with Gasteiger partial charge in [-0.1, -0.05) is 12.1 Å². The van der Waals surface area contributed by atoms with Gasteiger partial charge in [-0.25, -0.2) is 4.79 Å². The number of hydrogen-bond donors (Lipinski definition) is 1. The summed E-state index contributed by atoms with van der Waals surface area (Å²) in [5.74, 6) is -2.14. The summed E-state index contributed by atoms with van der Waals surface area (Å²) in [4.78, 5) is 16.4. The van der Waals surface area contributed by atoms with E-state index < -0.39 is 30.5 Å². The molecule has 2 aliphatic heterocycles. The molecule has 6 nitrogen and oxygen atoms in total. The quantitative estimate of drug-likeness (QED) is 0.623. The second kappa shape index (κ2) is 6.54. The molecule has 1 fully saturated rings. The van der Waals surface area contributed by atoms with E-state index in [9.17, 15) is 18.0 Å². The van der Waals surface area contributed by atoms with Crippen molar-refractivity contribution in [2.75, 3.05) is 6.54 Å². The Balaban J connectivity index is 1.88. The van der Waals surface area contributed by atoms with E-state index in [0.717, 1.165) is 0 Å². The van der Waals surface area contributed by atoms with Crippen molar-refractivity contribution in [3.63, 3.8) is 0 Å². The number of hydroxylamine groups is 1. The van der Waals surface area contributed by atoms with Crippen LogP contribution >= 0.6 is 0 Å². The molecule has 2 heterocycles. The molecule has 3 rings (SSSR count). The maximum atomic E-state index is 12.4. The Bertz CT molecular complexity index is 775. The van der Waals surface area contributed by atoms with E-state index in [1.807, 2.05) is 27.7 Å². The molecule has 0 spiro atoms. The summed E-state index contributed by atoms with van der Waals surface area (Å²) in [6.07, 6.45) is -3.77. The van der Waals surface area contributed by atoms with Crippen molar-refractivity contribution in [1.82, 2.24) is 5.48 Å². The second-order valence-electron chi connectivity index (χ2n) is 7.31. The van der Waals surface area contributed by atoms with Crippen molar-refractivity contribution in [2.24, 2.45) is 0 Å². The van der Waals surface area contributed by atoms with Gasteiger partial charge in [0.05, 0.1) is 17.7 Å². The highest BCUT2D eigenvalue weighted by Gasteiger charge is 2.51. The first-order chi connectivity index (χ1) is 12.4. The van der Waals surface area contributed by atoms with E-state index in [4.69, 9.17) is 14.1 Å². The molecule has 0 aliphatic carbocycles. The molecule has 1 aromatic rings. The molecule has 0 unspecified atom stereocenters.